The molecule has 23 heavy (non-hydrogen) atoms. The average Bonchev–Trinajstić information content (AvgIpc) is 2.61. The van der Waals surface area contributed by atoms with Crippen molar-refractivity contribution in [3.63, 3.8) is 0 Å². The Bertz CT molecular complexity index is 841. The smallest absolute Gasteiger partial charge is 0.191 e. The van der Waals surface area contributed by atoms with Gasteiger partial charge in [0.25, 0.3) is 0 Å². The van der Waals surface area contributed by atoms with Crippen LogP contribution in [0, 0.1) is 0 Å². The van der Waals surface area contributed by atoms with Crippen LogP contribution in [0.5, 0.6) is 11.5 Å². The highest BCUT2D eigenvalue weighted by Crippen LogP contribution is 2.32. The molecule has 0 aliphatic carbocycles. The molecule has 0 bridgehead atoms. The minimum atomic E-state index is 0.652. The van der Waals surface area contributed by atoms with Gasteiger partial charge >= 0.3 is 0 Å². The lowest BCUT2D eigenvalue weighted by Crippen LogP contribution is -2.00. The van der Waals surface area contributed by atoms with Crippen LogP contribution >= 0.6 is 11.8 Å². The molecule has 6 nitrogen and oxygen atoms in total. The third kappa shape index (κ3) is 3.14. The normalized spacial score (nSPS) is 10.6. The monoisotopic (exact) mass is 328 g/mol. The highest BCUT2D eigenvalue weighted by molar-refractivity contribution is 7.98. The molecular formula is C16H16N4O2S. The first-order valence-electron chi connectivity index (χ1n) is 6.91. The second-order valence-electron chi connectivity index (χ2n) is 4.63. The summed E-state index contributed by atoms with van der Waals surface area (Å²) < 4.78 is 10.6. The molecule has 0 amide bonds. The van der Waals surface area contributed by atoms with Crippen molar-refractivity contribution in [2.45, 2.75) is 5.16 Å². The van der Waals surface area contributed by atoms with Crippen molar-refractivity contribution in [3.05, 3.63) is 36.5 Å². The Hall–Kier alpha value is -2.54. The predicted molar refractivity (Wildman–Crippen MR) is 91.9 cm³/mol. The summed E-state index contributed by atoms with van der Waals surface area (Å²) in [5, 5.41) is 4.83. The fourth-order valence-electron chi connectivity index (χ4n) is 2.18. The van der Waals surface area contributed by atoms with E-state index in [1.54, 1.807) is 20.4 Å². The number of rotatable bonds is 5. The zero-order chi connectivity index (χ0) is 16.2. The molecule has 0 fully saturated rings. The maximum Gasteiger partial charge on any atom is 0.191 e. The summed E-state index contributed by atoms with van der Waals surface area (Å²) in [4.78, 5) is 13.3. The van der Waals surface area contributed by atoms with E-state index < -0.39 is 0 Å². The van der Waals surface area contributed by atoms with Gasteiger partial charge in [0, 0.05) is 18.0 Å². The molecule has 3 rings (SSSR count). The predicted octanol–water partition coefficient (Wildman–Crippen LogP) is 3.51. The molecule has 0 saturated carbocycles. The number of methoxy groups -OCH3 is 2. The molecule has 0 aliphatic rings. The van der Waals surface area contributed by atoms with Crippen molar-refractivity contribution in [3.8, 4) is 11.5 Å². The molecule has 2 heterocycles. The minimum absolute atomic E-state index is 0.652. The van der Waals surface area contributed by atoms with Gasteiger partial charge in [-0.15, -0.1) is 0 Å². The van der Waals surface area contributed by atoms with Gasteiger partial charge in [0.05, 0.1) is 19.6 Å². The quantitative estimate of drug-likeness (QED) is 0.568. The number of nitrogens with zero attached hydrogens (tertiary/aromatic N) is 3. The van der Waals surface area contributed by atoms with Crippen molar-refractivity contribution in [2.75, 3.05) is 25.8 Å². The van der Waals surface area contributed by atoms with Crippen molar-refractivity contribution in [1.82, 2.24) is 15.0 Å². The first-order valence-corrected chi connectivity index (χ1v) is 8.13. The van der Waals surface area contributed by atoms with E-state index in [1.165, 1.54) is 11.8 Å². The van der Waals surface area contributed by atoms with Gasteiger partial charge in [0.2, 0.25) is 0 Å². The van der Waals surface area contributed by atoms with Gasteiger partial charge in [-0.1, -0.05) is 11.8 Å². The van der Waals surface area contributed by atoms with Crippen LogP contribution in [0.3, 0.4) is 0 Å². The van der Waals surface area contributed by atoms with E-state index in [-0.39, 0.29) is 0 Å². The van der Waals surface area contributed by atoms with Gasteiger partial charge in [-0.25, -0.2) is 15.0 Å². The Morgan fingerprint density at radius 2 is 1.87 bits per heavy atom. The van der Waals surface area contributed by atoms with Gasteiger partial charge < -0.3 is 14.8 Å². The summed E-state index contributed by atoms with van der Waals surface area (Å²) in [6.45, 7) is 0. The van der Waals surface area contributed by atoms with Crippen LogP contribution in [0.15, 0.2) is 41.7 Å². The third-order valence-corrected chi connectivity index (χ3v) is 3.83. The van der Waals surface area contributed by atoms with Gasteiger partial charge in [-0.2, -0.15) is 0 Å². The summed E-state index contributed by atoms with van der Waals surface area (Å²) in [5.74, 6) is 2.04. The molecule has 0 saturated heterocycles. The second-order valence-corrected chi connectivity index (χ2v) is 5.40. The number of hydrogen-bond donors (Lipinski definition) is 1. The highest BCUT2D eigenvalue weighted by Gasteiger charge is 2.10. The minimum Gasteiger partial charge on any atom is -0.493 e. The molecule has 0 atom stereocenters. The first-order chi connectivity index (χ1) is 11.2. The molecule has 0 aliphatic heterocycles. The molecule has 0 spiro atoms. The van der Waals surface area contributed by atoms with Crippen LogP contribution in [-0.2, 0) is 0 Å². The van der Waals surface area contributed by atoms with Crippen LogP contribution in [-0.4, -0.2) is 35.4 Å². The zero-order valence-corrected chi connectivity index (χ0v) is 13.8. The van der Waals surface area contributed by atoms with Gasteiger partial charge in [-0.3, -0.25) is 0 Å². The lowest BCUT2D eigenvalue weighted by atomic mass is 10.2. The van der Waals surface area contributed by atoms with Crippen LogP contribution < -0.4 is 14.8 Å². The maximum atomic E-state index is 5.33. The molecule has 1 aromatic carbocycles. The fraction of sp³-hybridized carbons (Fsp3) is 0.188. The number of pyridine rings is 1. The summed E-state index contributed by atoms with van der Waals surface area (Å²) in [6, 6.07) is 9.42. The second kappa shape index (κ2) is 6.70. The molecule has 0 unspecified atom stereocenters. The van der Waals surface area contributed by atoms with Crippen molar-refractivity contribution < 1.29 is 9.47 Å². The maximum absolute atomic E-state index is 5.33. The lowest BCUT2D eigenvalue weighted by molar-refractivity contribution is 0.355. The van der Waals surface area contributed by atoms with Crippen LogP contribution in [0.1, 0.15) is 0 Å². The highest BCUT2D eigenvalue weighted by atomic mass is 32.2. The fourth-order valence-corrected chi connectivity index (χ4v) is 2.54. The van der Waals surface area contributed by atoms with Gasteiger partial charge in [-0.05, 0) is 30.5 Å². The average molecular weight is 328 g/mol. The Kier molecular flexibility index (Phi) is 4.47. The van der Waals surface area contributed by atoms with E-state index in [9.17, 15) is 0 Å². The van der Waals surface area contributed by atoms with E-state index in [4.69, 9.17) is 9.47 Å². The van der Waals surface area contributed by atoms with Crippen molar-refractivity contribution in [1.29, 1.82) is 0 Å². The number of nitrogens with one attached hydrogen (secondary N) is 1. The molecule has 1 N–H and O–H groups in total. The third-order valence-electron chi connectivity index (χ3n) is 3.28. The summed E-state index contributed by atoms with van der Waals surface area (Å²) >= 11 is 1.48. The summed E-state index contributed by atoms with van der Waals surface area (Å²) in [6.07, 6.45) is 3.66. The van der Waals surface area contributed by atoms with Crippen molar-refractivity contribution in [2.24, 2.45) is 0 Å². The number of benzene rings is 1. The van der Waals surface area contributed by atoms with E-state index in [1.807, 2.05) is 36.6 Å². The topological polar surface area (TPSA) is 69.2 Å². The van der Waals surface area contributed by atoms with Crippen LogP contribution in [0.2, 0.25) is 0 Å². The zero-order valence-electron chi connectivity index (χ0n) is 13.0. The Labute approximate surface area is 138 Å². The molecular weight excluding hydrogens is 312 g/mol. The van der Waals surface area contributed by atoms with Gasteiger partial charge in [0.1, 0.15) is 5.82 Å². The summed E-state index contributed by atoms with van der Waals surface area (Å²) in [5.41, 5.74) is 1.51. The standard InChI is InChI=1S/C16H16N4O2S/c1-21-12-7-6-10(9-13(12)22-2)18-15-11-5-4-8-17-14(11)19-16(20-15)23-3/h4-9H,1-3H3,(H,17,18,19,20). The number of hydrogen-bond acceptors (Lipinski definition) is 7. The number of thioether (sulfide) groups is 1. The van der Waals surface area contributed by atoms with E-state index in [0.29, 0.717) is 28.1 Å². The van der Waals surface area contributed by atoms with E-state index >= 15 is 0 Å². The Balaban J connectivity index is 2.04. The van der Waals surface area contributed by atoms with Crippen LogP contribution in [0.25, 0.3) is 11.0 Å². The van der Waals surface area contributed by atoms with E-state index in [0.717, 1.165) is 11.1 Å². The molecule has 7 heteroatoms. The Morgan fingerprint density at radius 3 is 2.61 bits per heavy atom. The first kappa shape index (κ1) is 15.4. The lowest BCUT2D eigenvalue weighted by Gasteiger charge is -2.12. The number of ether oxygens (including phenoxy) is 2. The van der Waals surface area contributed by atoms with E-state index in [2.05, 4.69) is 20.3 Å². The molecule has 118 valence electrons. The Morgan fingerprint density at radius 1 is 1.04 bits per heavy atom. The SMILES string of the molecule is COc1ccc(Nc2nc(SC)nc3ncccc23)cc1OC. The van der Waals surface area contributed by atoms with Crippen molar-refractivity contribution >= 4 is 34.3 Å². The molecule has 0 radical (unpaired) electrons. The molecule has 3 aromatic rings. The number of anilines is 2. The number of aromatic nitrogens is 3. The van der Waals surface area contributed by atoms with Crippen LogP contribution in [0.4, 0.5) is 11.5 Å². The van der Waals surface area contributed by atoms with Gasteiger partial charge in [0.15, 0.2) is 22.3 Å². The molecule has 2 aromatic heterocycles. The largest absolute Gasteiger partial charge is 0.493 e. The number of fused-ring (bicyclic) bond motifs is 1. The summed E-state index contributed by atoms with van der Waals surface area (Å²) in [7, 11) is 3.22.